The Morgan fingerprint density at radius 3 is 2.06 bits per heavy atom. The quantitative estimate of drug-likeness (QED) is 0.305. The lowest BCUT2D eigenvalue weighted by atomic mass is 9.55. The second-order valence-corrected chi connectivity index (χ2v) is 9.64. The van der Waals surface area contributed by atoms with Gasteiger partial charge in [-0.2, -0.15) is 0 Å². The Balaban J connectivity index is 1.60. The molecule has 1 saturated heterocycles. The third-order valence-electron chi connectivity index (χ3n) is 7.06. The number of carbonyl (C=O) groups is 3. The van der Waals surface area contributed by atoms with Crippen molar-refractivity contribution in [2.45, 2.75) is 10.2 Å². The summed E-state index contributed by atoms with van der Waals surface area (Å²) in [7, 11) is 1.29. The van der Waals surface area contributed by atoms with Gasteiger partial charge < -0.3 is 4.74 Å². The van der Waals surface area contributed by atoms with Gasteiger partial charge in [-0.1, -0.05) is 76.6 Å². The topological polar surface area (TPSA) is 63.7 Å². The number of benzene rings is 3. The Morgan fingerprint density at radius 1 is 0.875 bits per heavy atom. The summed E-state index contributed by atoms with van der Waals surface area (Å²) in [5.74, 6) is -2.57. The van der Waals surface area contributed by atoms with Crippen LogP contribution in [-0.2, 0) is 18.7 Å². The molecule has 3 aromatic rings. The summed E-state index contributed by atoms with van der Waals surface area (Å²) in [4.78, 5) is 41.4. The van der Waals surface area contributed by atoms with Gasteiger partial charge in [0.05, 0.1) is 34.5 Å². The molecule has 7 rings (SSSR count). The normalized spacial score (nSPS) is 27.1. The van der Waals surface area contributed by atoms with Crippen LogP contribution in [0.2, 0.25) is 0 Å². The summed E-state index contributed by atoms with van der Waals surface area (Å²) in [5.41, 5.74) is 4.64. The second kappa shape index (κ2) is 6.62. The van der Waals surface area contributed by atoms with E-state index in [-0.39, 0.29) is 29.0 Å². The number of esters is 1. The van der Waals surface area contributed by atoms with Gasteiger partial charge in [-0.15, -0.1) is 0 Å². The Hall–Kier alpha value is -3.25. The number of rotatable bonds is 2. The van der Waals surface area contributed by atoms with Crippen LogP contribution in [0.3, 0.4) is 0 Å². The Labute approximate surface area is 193 Å². The van der Waals surface area contributed by atoms with E-state index < -0.39 is 22.1 Å². The van der Waals surface area contributed by atoms with Crippen molar-refractivity contribution in [2.24, 2.45) is 11.8 Å². The number of carbonyl (C=O) groups excluding carboxylic acids is 3. The molecule has 2 amide bonds. The van der Waals surface area contributed by atoms with E-state index in [9.17, 15) is 14.4 Å². The number of hydrogen-bond donors (Lipinski definition) is 0. The first-order valence-corrected chi connectivity index (χ1v) is 11.2. The molecule has 3 aliphatic carbocycles. The Kier molecular flexibility index (Phi) is 4.02. The summed E-state index contributed by atoms with van der Waals surface area (Å²) in [6, 6.07) is 22.6. The van der Waals surface area contributed by atoms with Crippen LogP contribution in [-0.4, -0.2) is 24.9 Å². The van der Waals surface area contributed by atoms with Crippen LogP contribution in [0.4, 0.5) is 5.69 Å². The molecule has 4 aliphatic rings. The average molecular weight is 488 g/mol. The molecule has 5 nitrogen and oxygen atoms in total. The molecule has 0 aromatic heterocycles. The molecule has 0 spiro atoms. The van der Waals surface area contributed by atoms with Crippen molar-refractivity contribution in [3.63, 3.8) is 0 Å². The Morgan fingerprint density at radius 2 is 1.44 bits per heavy atom. The first-order valence-electron chi connectivity index (χ1n) is 10.4. The molecule has 1 aliphatic heterocycles. The molecule has 0 radical (unpaired) electrons. The first-order chi connectivity index (χ1) is 15.5. The second-order valence-electron chi connectivity index (χ2n) is 8.39. The summed E-state index contributed by atoms with van der Waals surface area (Å²) < 4.78 is 4.09. The molecule has 6 heteroatoms. The van der Waals surface area contributed by atoms with E-state index >= 15 is 0 Å². The number of methoxy groups -OCH3 is 1. The molecule has 0 saturated carbocycles. The average Bonchev–Trinajstić information content (AvgIpc) is 3.10. The molecule has 158 valence electrons. The minimum Gasteiger partial charge on any atom is -0.465 e. The zero-order valence-electron chi connectivity index (χ0n) is 17.1. The van der Waals surface area contributed by atoms with Crippen molar-refractivity contribution >= 4 is 39.4 Å². The molecule has 0 unspecified atom stereocenters. The molecule has 2 atom stereocenters. The van der Waals surface area contributed by atoms with Gasteiger partial charge in [-0.25, -0.2) is 9.69 Å². The third-order valence-corrected chi connectivity index (χ3v) is 8.41. The molecule has 3 aromatic carbocycles. The lowest BCUT2D eigenvalue weighted by Gasteiger charge is -2.51. The van der Waals surface area contributed by atoms with Crippen LogP contribution >= 0.6 is 15.9 Å². The van der Waals surface area contributed by atoms with Gasteiger partial charge in [0.2, 0.25) is 11.8 Å². The summed E-state index contributed by atoms with van der Waals surface area (Å²) in [6.45, 7) is 0. The fourth-order valence-corrected chi connectivity index (χ4v) is 7.07. The number of ether oxygens (including phenoxy) is 1. The lowest BCUT2D eigenvalue weighted by Crippen LogP contribution is -2.50. The highest BCUT2D eigenvalue weighted by molar-refractivity contribution is 9.09. The van der Waals surface area contributed by atoms with Gasteiger partial charge in [0.15, 0.2) is 0 Å². The number of hydrogen-bond acceptors (Lipinski definition) is 4. The number of halogens is 1. The number of nitrogens with zero attached hydrogens (tertiary/aromatic N) is 1. The van der Waals surface area contributed by atoms with Crippen molar-refractivity contribution in [3.05, 3.63) is 101 Å². The molecule has 0 N–H and O–H groups in total. The smallest absolute Gasteiger partial charge is 0.339 e. The highest BCUT2D eigenvalue weighted by Crippen LogP contribution is 2.66. The van der Waals surface area contributed by atoms with E-state index in [0.29, 0.717) is 0 Å². The number of anilines is 1. The van der Waals surface area contributed by atoms with E-state index in [1.807, 2.05) is 48.5 Å². The van der Waals surface area contributed by atoms with Gasteiger partial charge in [0, 0.05) is 5.92 Å². The number of alkyl halides is 1. The van der Waals surface area contributed by atoms with Crippen LogP contribution in [0.5, 0.6) is 0 Å². The van der Waals surface area contributed by atoms with Crippen LogP contribution in [0.15, 0.2) is 72.8 Å². The lowest BCUT2D eigenvalue weighted by molar-refractivity contribution is -0.122. The third kappa shape index (κ3) is 2.20. The van der Waals surface area contributed by atoms with Crippen molar-refractivity contribution in [3.8, 4) is 0 Å². The maximum atomic E-state index is 14.0. The SMILES string of the molecule is COC(=O)c1ccccc1N1C(=O)[C@@H]2C3c4ccccc4C(Br)(c4ccccc43)[C@H]2C1=O. The summed E-state index contributed by atoms with van der Waals surface area (Å²) in [6.07, 6.45) is 0. The monoisotopic (exact) mass is 487 g/mol. The highest BCUT2D eigenvalue weighted by Gasteiger charge is 2.67. The maximum Gasteiger partial charge on any atom is 0.339 e. The molecule has 2 bridgehead atoms. The van der Waals surface area contributed by atoms with Gasteiger partial charge >= 0.3 is 5.97 Å². The first kappa shape index (κ1) is 19.4. The largest absolute Gasteiger partial charge is 0.465 e. The van der Waals surface area contributed by atoms with Crippen LogP contribution in [0.1, 0.15) is 38.5 Å². The Bertz CT molecular complexity index is 1290. The van der Waals surface area contributed by atoms with Crippen LogP contribution in [0, 0.1) is 11.8 Å². The zero-order valence-corrected chi connectivity index (χ0v) is 18.7. The van der Waals surface area contributed by atoms with Crippen molar-refractivity contribution in [1.82, 2.24) is 0 Å². The predicted octanol–water partition coefficient (Wildman–Crippen LogP) is 4.38. The van der Waals surface area contributed by atoms with Crippen LogP contribution in [0.25, 0.3) is 0 Å². The predicted molar refractivity (Wildman–Crippen MR) is 122 cm³/mol. The van der Waals surface area contributed by atoms with E-state index in [0.717, 1.165) is 22.3 Å². The highest BCUT2D eigenvalue weighted by atomic mass is 79.9. The molecule has 1 heterocycles. The van der Waals surface area contributed by atoms with Crippen LogP contribution < -0.4 is 4.90 Å². The minimum atomic E-state index is -0.818. The van der Waals surface area contributed by atoms with Gasteiger partial charge in [-0.3, -0.25) is 9.59 Å². The summed E-state index contributed by atoms with van der Waals surface area (Å²) >= 11 is 3.98. The minimum absolute atomic E-state index is 0.196. The molecular formula is C26H18BrNO4. The van der Waals surface area contributed by atoms with Crippen molar-refractivity contribution in [2.75, 3.05) is 12.0 Å². The van der Waals surface area contributed by atoms with E-state index in [1.165, 1.54) is 12.0 Å². The van der Waals surface area contributed by atoms with Gasteiger partial charge in [0.25, 0.3) is 0 Å². The molecule has 1 fully saturated rings. The van der Waals surface area contributed by atoms with E-state index in [1.54, 1.807) is 24.3 Å². The van der Waals surface area contributed by atoms with E-state index in [4.69, 9.17) is 4.74 Å². The zero-order chi connectivity index (χ0) is 22.2. The number of amides is 2. The molecular weight excluding hydrogens is 470 g/mol. The number of imide groups is 1. The van der Waals surface area contributed by atoms with Crippen molar-refractivity contribution < 1.29 is 19.1 Å². The fourth-order valence-electron chi connectivity index (χ4n) is 5.87. The maximum absolute atomic E-state index is 14.0. The fraction of sp³-hybridized carbons (Fsp3) is 0.192. The summed E-state index contributed by atoms with van der Waals surface area (Å²) in [5, 5.41) is 0. The molecule has 32 heavy (non-hydrogen) atoms. The van der Waals surface area contributed by atoms with Gasteiger partial charge in [0.1, 0.15) is 0 Å². The number of para-hydroxylation sites is 1. The van der Waals surface area contributed by atoms with Gasteiger partial charge in [-0.05, 0) is 34.4 Å². The van der Waals surface area contributed by atoms with E-state index in [2.05, 4.69) is 15.9 Å². The standard InChI is InChI=1S/C26H18BrNO4/c1-32-25(31)16-10-4-7-13-19(16)28-23(29)21-20-14-8-2-5-11-17(14)26(27,22(21)24(28)30)18-12-6-3-9-15(18)20/h2-13,20-22H,1H3/t20?,21-,22-,26?/m1/s1. The van der Waals surface area contributed by atoms with Crippen molar-refractivity contribution in [1.29, 1.82) is 0 Å².